The van der Waals surface area contributed by atoms with Crippen LogP contribution in [0.2, 0.25) is 0 Å². The molecule has 0 heterocycles. The summed E-state index contributed by atoms with van der Waals surface area (Å²) in [5, 5.41) is 6.68. The molecule has 0 spiro atoms. The summed E-state index contributed by atoms with van der Waals surface area (Å²) >= 11 is 3.46. The van der Waals surface area contributed by atoms with Crippen molar-refractivity contribution in [3.05, 3.63) is 46.4 Å². The molecule has 0 aromatic heterocycles. The van der Waals surface area contributed by atoms with Gasteiger partial charge in [-0.1, -0.05) is 12.1 Å². The summed E-state index contributed by atoms with van der Waals surface area (Å²) in [5.74, 6) is 1.09. The van der Waals surface area contributed by atoms with Gasteiger partial charge >= 0.3 is 0 Å². The first-order chi connectivity index (χ1) is 15.0. The molecule has 31 heavy (non-hydrogen) atoms. The minimum atomic E-state index is -0.374. The van der Waals surface area contributed by atoms with E-state index in [9.17, 15) is 9.59 Å². The highest BCUT2D eigenvalue weighted by Gasteiger charge is 2.12. The number of methoxy groups -OCH3 is 1. The van der Waals surface area contributed by atoms with Crippen LogP contribution in [0.3, 0.4) is 0 Å². The summed E-state index contributed by atoms with van der Waals surface area (Å²) in [5.41, 5.74) is 3.69. The number of ether oxygens (including phenoxy) is 3. The number of hydrogen-bond acceptors (Lipinski definition) is 6. The van der Waals surface area contributed by atoms with Crippen molar-refractivity contribution < 1.29 is 23.8 Å². The van der Waals surface area contributed by atoms with Gasteiger partial charge in [0, 0.05) is 12.8 Å². The number of amides is 2. The lowest BCUT2D eigenvalue weighted by Gasteiger charge is -2.13. The average molecular weight is 492 g/mol. The molecule has 0 saturated carbocycles. The van der Waals surface area contributed by atoms with Crippen LogP contribution in [0.1, 0.15) is 32.3 Å². The number of para-hydroxylation sites is 2. The third-order valence-corrected chi connectivity index (χ3v) is 4.57. The van der Waals surface area contributed by atoms with Crippen molar-refractivity contribution in [2.45, 2.75) is 26.7 Å². The van der Waals surface area contributed by atoms with Gasteiger partial charge in [0.1, 0.15) is 5.75 Å². The van der Waals surface area contributed by atoms with Crippen LogP contribution in [0.15, 0.2) is 46.0 Å². The second-order valence-corrected chi connectivity index (χ2v) is 7.09. The van der Waals surface area contributed by atoms with Crippen molar-refractivity contribution in [3.63, 3.8) is 0 Å². The Kier molecular flexibility index (Phi) is 9.83. The molecule has 0 radical (unpaired) electrons. The largest absolute Gasteiger partial charge is 0.495 e. The molecule has 2 rings (SSSR count). The lowest BCUT2D eigenvalue weighted by atomic mass is 10.2. The molecule has 0 aliphatic rings. The summed E-state index contributed by atoms with van der Waals surface area (Å²) < 4.78 is 17.1. The van der Waals surface area contributed by atoms with E-state index in [0.717, 1.165) is 4.47 Å². The Morgan fingerprint density at radius 3 is 2.45 bits per heavy atom. The van der Waals surface area contributed by atoms with E-state index in [1.807, 2.05) is 19.9 Å². The monoisotopic (exact) mass is 491 g/mol. The van der Waals surface area contributed by atoms with Crippen molar-refractivity contribution in [2.75, 3.05) is 25.6 Å². The normalized spacial score (nSPS) is 10.6. The predicted octanol–water partition coefficient (Wildman–Crippen LogP) is 4.12. The molecule has 2 aromatic carbocycles. The van der Waals surface area contributed by atoms with Crippen LogP contribution in [0.5, 0.6) is 17.2 Å². The van der Waals surface area contributed by atoms with Crippen molar-refractivity contribution >= 4 is 39.6 Å². The summed E-state index contributed by atoms with van der Waals surface area (Å²) in [6, 6.07) is 10.6. The number of halogens is 1. The Bertz CT molecular complexity index is 933. The number of anilines is 1. The van der Waals surface area contributed by atoms with E-state index in [2.05, 4.69) is 31.8 Å². The number of carbonyl (C=O) groups excluding carboxylic acids is 2. The maximum Gasteiger partial charge on any atom is 0.240 e. The van der Waals surface area contributed by atoms with E-state index in [-0.39, 0.29) is 24.7 Å². The Morgan fingerprint density at radius 1 is 1.03 bits per heavy atom. The van der Waals surface area contributed by atoms with Crippen LogP contribution in [-0.4, -0.2) is 38.4 Å². The lowest BCUT2D eigenvalue weighted by Crippen LogP contribution is -2.20. The fourth-order valence-electron chi connectivity index (χ4n) is 2.63. The van der Waals surface area contributed by atoms with Gasteiger partial charge in [0.25, 0.3) is 0 Å². The fraction of sp³-hybridized carbons (Fsp3) is 0.318. The van der Waals surface area contributed by atoms with Gasteiger partial charge in [-0.3, -0.25) is 9.59 Å². The minimum Gasteiger partial charge on any atom is -0.495 e. The van der Waals surface area contributed by atoms with Gasteiger partial charge in [0.15, 0.2) is 11.5 Å². The molecule has 0 aliphatic carbocycles. The Hall–Kier alpha value is -3.07. The predicted molar refractivity (Wildman–Crippen MR) is 123 cm³/mol. The Labute approximate surface area is 190 Å². The molecule has 0 bridgehead atoms. The number of nitrogens with zero attached hydrogens (tertiary/aromatic N) is 1. The molecule has 0 unspecified atom stereocenters. The quantitative estimate of drug-likeness (QED) is 0.363. The van der Waals surface area contributed by atoms with E-state index in [1.165, 1.54) is 13.3 Å². The number of hydrogen-bond donors (Lipinski definition) is 2. The molecule has 0 atom stereocenters. The van der Waals surface area contributed by atoms with Crippen molar-refractivity contribution in [1.82, 2.24) is 5.43 Å². The second-order valence-electron chi connectivity index (χ2n) is 6.24. The standard InChI is InChI=1S/C22H26BrN3O5/c1-4-30-19-13-15(12-16(23)22(19)31-5-2)14-24-26-21(28)11-10-20(27)25-17-8-6-7-9-18(17)29-3/h6-9,12-14H,4-5,10-11H2,1-3H3,(H,25,27)(H,26,28). The SMILES string of the molecule is CCOc1cc(C=NNC(=O)CCC(=O)Nc2ccccc2OC)cc(Br)c1OCC. The van der Waals surface area contributed by atoms with Gasteiger partial charge < -0.3 is 19.5 Å². The van der Waals surface area contributed by atoms with E-state index in [4.69, 9.17) is 14.2 Å². The first-order valence-electron chi connectivity index (χ1n) is 9.82. The van der Waals surface area contributed by atoms with Gasteiger partial charge in [-0.25, -0.2) is 5.43 Å². The third kappa shape index (κ3) is 7.60. The van der Waals surface area contributed by atoms with E-state index >= 15 is 0 Å². The topological polar surface area (TPSA) is 98.2 Å². The first kappa shape index (κ1) is 24.2. The Balaban J connectivity index is 1.88. The minimum absolute atomic E-state index is 0.00447. The first-order valence-corrected chi connectivity index (χ1v) is 10.6. The van der Waals surface area contributed by atoms with Gasteiger partial charge in [-0.15, -0.1) is 0 Å². The van der Waals surface area contributed by atoms with Crippen LogP contribution >= 0.6 is 15.9 Å². The second kappa shape index (κ2) is 12.6. The molecule has 166 valence electrons. The Morgan fingerprint density at radius 2 is 1.74 bits per heavy atom. The zero-order chi connectivity index (χ0) is 22.6. The van der Waals surface area contributed by atoms with E-state index in [0.29, 0.717) is 41.7 Å². The molecular weight excluding hydrogens is 466 g/mol. The molecule has 2 N–H and O–H groups in total. The molecule has 8 nitrogen and oxygen atoms in total. The van der Waals surface area contributed by atoms with Gasteiger partial charge in [0.2, 0.25) is 11.8 Å². The molecular formula is C22H26BrN3O5. The number of hydrazone groups is 1. The smallest absolute Gasteiger partial charge is 0.240 e. The van der Waals surface area contributed by atoms with Gasteiger partial charge in [-0.2, -0.15) is 5.10 Å². The summed E-state index contributed by atoms with van der Waals surface area (Å²) in [4.78, 5) is 24.1. The lowest BCUT2D eigenvalue weighted by molar-refractivity contribution is -0.124. The van der Waals surface area contributed by atoms with Crippen molar-refractivity contribution in [2.24, 2.45) is 5.10 Å². The van der Waals surface area contributed by atoms with Crippen LogP contribution < -0.4 is 25.0 Å². The zero-order valence-corrected chi connectivity index (χ0v) is 19.3. The number of nitrogens with one attached hydrogen (secondary N) is 2. The molecule has 2 aromatic rings. The molecule has 0 aliphatic heterocycles. The number of rotatable bonds is 11. The van der Waals surface area contributed by atoms with E-state index < -0.39 is 0 Å². The third-order valence-electron chi connectivity index (χ3n) is 3.98. The maximum atomic E-state index is 12.1. The highest BCUT2D eigenvalue weighted by Crippen LogP contribution is 2.36. The molecule has 2 amide bonds. The van der Waals surface area contributed by atoms with Crippen LogP contribution in [-0.2, 0) is 9.59 Å². The molecule has 0 fully saturated rings. The average Bonchev–Trinajstić information content (AvgIpc) is 2.75. The van der Waals surface area contributed by atoms with Gasteiger partial charge in [0.05, 0.1) is 36.7 Å². The van der Waals surface area contributed by atoms with Crippen molar-refractivity contribution in [3.8, 4) is 17.2 Å². The van der Waals surface area contributed by atoms with Crippen LogP contribution in [0, 0.1) is 0 Å². The van der Waals surface area contributed by atoms with Crippen LogP contribution in [0.25, 0.3) is 0 Å². The summed E-state index contributed by atoms with van der Waals surface area (Å²) in [6.45, 7) is 4.77. The highest BCUT2D eigenvalue weighted by molar-refractivity contribution is 9.10. The number of benzene rings is 2. The molecule has 0 saturated heterocycles. The zero-order valence-electron chi connectivity index (χ0n) is 17.7. The van der Waals surface area contributed by atoms with E-state index in [1.54, 1.807) is 30.3 Å². The van der Waals surface area contributed by atoms with Crippen molar-refractivity contribution in [1.29, 1.82) is 0 Å². The van der Waals surface area contributed by atoms with Gasteiger partial charge in [-0.05, 0) is 59.6 Å². The summed E-state index contributed by atoms with van der Waals surface area (Å²) in [6.07, 6.45) is 1.51. The molecule has 9 heteroatoms. The fourth-order valence-corrected chi connectivity index (χ4v) is 3.21. The number of carbonyl (C=O) groups is 2. The maximum absolute atomic E-state index is 12.1. The van der Waals surface area contributed by atoms with Crippen LogP contribution in [0.4, 0.5) is 5.69 Å². The highest BCUT2D eigenvalue weighted by atomic mass is 79.9. The summed E-state index contributed by atoms with van der Waals surface area (Å²) in [7, 11) is 1.52.